The van der Waals surface area contributed by atoms with Gasteiger partial charge < -0.3 is 10.4 Å². The summed E-state index contributed by atoms with van der Waals surface area (Å²) < 4.78 is 0.706. The smallest absolute Gasteiger partial charge is 0.101 e. The molecule has 13 heavy (non-hydrogen) atoms. The lowest BCUT2D eigenvalue weighted by Crippen LogP contribution is -2.20. The minimum absolute atomic E-state index is 0.475. The van der Waals surface area contributed by atoms with E-state index in [1.807, 2.05) is 6.07 Å². The first-order valence-electron chi connectivity index (χ1n) is 3.99. The summed E-state index contributed by atoms with van der Waals surface area (Å²) in [5.74, 6) is 0. The van der Waals surface area contributed by atoms with Crippen LogP contribution in [0.4, 0.5) is 0 Å². The van der Waals surface area contributed by atoms with Gasteiger partial charge in [-0.15, -0.1) is 17.9 Å². The minimum Gasteiger partial charge on any atom is -0.386 e. The summed E-state index contributed by atoms with van der Waals surface area (Å²) in [5, 5.41) is 12.7. The minimum atomic E-state index is -0.475. The summed E-state index contributed by atoms with van der Waals surface area (Å²) in [6.45, 7) is 4.81. The Morgan fingerprint density at radius 3 is 3.00 bits per heavy atom. The standard InChI is InChI=1S/C9H12ClNOS/c1-2-5-11-6-7(12)8-3-4-9(10)13-8/h2-4,7,11-12H,1,5-6H2. The van der Waals surface area contributed by atoms with E-state index in [1.54, 1.807) is 12.1 Å². The van der Waals surface area contributed by atoms with Crippen molar-refractivity contribution in [3.8, 4) is 0 Å². The number of rotatable bonds is 5. The summed E-state index contributed by atoms with van der Waals surface area (Å²) in [7, 11) is 0. The van der Waals surface area contributed by atoms with E-state index in [0.717, 1.165) is 4.88 Å². The zero-order valence-corrected chi connectivity index (χ0v) is 8.74. The summed E-state index contributed by atoms with van der Waals surface area (Å²) in [6, 6.07) is 3.63. The summed E-state index contributed by atoms with van der Waals surface area (Å²) in [5.41, 5.74) is 0. The summed E-state index contributed by atoms with van der Waals surface area (Å²) in [4.78, 5) is 0.890. The van der Waals surface area contributed by atoms with Crippen LogP contribution in [0.5, 0.6) is 0 Å². The lowest BCUT2D eigenvalue weighted by molar-refractivity contribution is 0.180. The SMILES string of the molecule is C=CCNCC(O)c1ccc(Cl)s1. The molecule has 1 aromatic heterocycles. The fourth-order valence-electron chi connectivity index (χ4n) is 0.930. The van der Waals surface area contributed by atoms with Gasteiger partial charge in [0.15, 0.2) is 0 Å². The zero-order valence-electron chi connectivity index (χ0n) is 7.16. The highest BCUT2D eigenvalue weighted by Crippen LogP contribution is 2.26. The zero-order chi connectivity index (χ0) is 9.68. The van der Waals surface area contributed by atoms with E-state index in [-0.39, 0.29) is 0 Å². The van der Waals surface area contributed by atoms with E-state index in [2.05, 4.69) is 11.9 Å². The van der Waals surface area contributed by atoms with E-state index < -0.39 is 6.10 Å². The number of hydrogen-bond acceptors (Lipinski definition) is 3. The lowest BCUT2D eigenvalue weighted by Gasteiger charge is -2.07. The highest BCUT2D eigenvalue weighted by molar-refractivity contribution is 7.16. The van der Waals surface area contributed by atoms with Crippen LogP contribution in [0.25, 0.3) is 0 Å². The van der Waals surface area contributed by atoms with Gasteiger partial charge in [-0.1, -0.05) is 17.7 Å². The first kappa shape index (κ1) is 10.7. The van der Waals surface area contributed by atoms with Crippen molar-refractivity contribution >= 4 is 22.9 Å². The molecule has 1 aromatic rings. The Balaban J connectivity index is 2.39. The third-order valence-corrected chi connectivity index (χ3v) is 2.88. The van der Waals surface area contributed by atoms with Crippen molar-refractivity contribution in [1.82, 2.24) is 5.32 Å². The van der Waals surface area contributed by atoms with E-state index >= 15 is 0 Å². The fraction of sp³-hybridized carbons (Fsp3) is 0.333. The molecule has 0 aliphatic heterocycles. The molecule has 0 spiro atoms. The Labute approximate surface area is 86.9 Å². The average molecular weight is 218 g/mol. The van der Waals surface area contributed by atoms with Crippen LogP contribution in [-0.2, 0) is 0 Å². The Morgan fingerprint density at radius 1 is 1.69 bits per heavy atom. The molecule has 0 saturated heterocycles. The van der Waals surface area contributed by atoms with Crippen molar-refractivity contribution in [1.29, 1.82) is 0 Å². The van der Waals surface area contributed by atoms with Gasteiger partial charge in [0.25, 0.3) is 0 Å². The van der Waals surface area contributed by atoms with Gasteiger partial charge in [0, 0.05) is 18.0 Å². The van der Waals surface area contributed by atoms with Crippen LogP contribution in [0, 0.1) is 0 Å². The average Bonchev–Trinajstić information content (AvgIpc) is 2.52. The molecule has 2 nitrogen and oxygen atoms in total. The van der Waals surface area contributed by atoms with Crippen LogP contribution in [0.1, 0.15) is 11.0 Å². The van der Waals surface area contributed by atoms with Gasteiger partial charge in [-0.3, -0.25) is 0 Å². The van der Waals surface area contributed by atoms with Gasteiger partial charge in [-0.05, 0) is 12.1 Å². The van der Waals surface area contributed by atoms with Crippen molar-refractivity contribution < 1.29 is 5.11 Å². The van der Waals surface area contributed by atoms with Crippen LogP contribution in [-0.4, -0.2) is 18.2 Å². The topological polar surface area (TPSA) is 32.3 Å². The first-order chi connectivity index (χ1) is 6.24. The molecule has 2 N–H and O–H groups in total. The maximum absolute atomic E-state index is 9.62. The van der Waals surface area contributed by atoms with Crippen LogP contribution in [0.3, 0.4) is 0 Å². The molecule has 1 atom stereocenters. The third kappa shape index (κ3) is 3.48. The molecule has 0 aromatic carbocycles. The molecular formula is C9H12ClNOS. The first-order valence-corrected chi connectivity index (χ1v) is 5.18. The molecule has 0 bridgehead atoms. The van der Waals surface area contributed by atoms with Gasteiger partial charge in [0.05, 0.1) is 4.34 Å². The quantitative estimate of drug-likeness (QED) is 0.586. The predicted octanol–water partition coefficient (Wildman–Crippen LogP) is 2.21. The van der Waals surface area contributed by atoms with E-state index in [4.69, 9.17) is 11.6 Å². The molecule has 0 saturated carbocycles. The Kier molecular flexibility index (Phi) is 4.45. The fourth-order valence-corrected chi connectivity index (χ4v) is 1.98. The molecule has 1 heterocycles. The van der Waals surface area contributed by atoms with Crippen LogP contribution >= 0.6 is 22.9 Å². The van der Waals surface area contributed by atoms with E-state index in [1.165, 1.54) is 11.3 Å². The molecule has 0 fully saturated rings. The lowest BCUT2D eigenvalue weighted by atomic mass is 10.3. The van der Waals surface area contributed by atoms with Gasteiger partial charge in [0.2, 0.25) is 0 Å². The van der Waals surface area contributed by atoms with E-state index in [0.29, 0.717) is 17.4 Å². The van der Waals surface area contributed by atoms with Gasteiger partial charge >= 0.3 is 0 Å². The molecule has 72 valence electrons. The molecular weight excluding hydrogens is 206 g/mol. The third-order valence-electron chi connectivity index (χ3n) is 1.55. The second kappa shape index (κ2) is 5.40. The van der Waals surface area contributed by atoms with Crippen molar-refractivity contribution in [2.75, 3.05) is 13.1 Å². The van der Waals surface area contributed by atoms with Crippen molar-refractivity contribution in [3.63, 3.8) is 0 Å². The van der Waals surface area contributed by atoms with Crippen LogP contribution in [0.2, 0.25) is 4.34 Å². The normalized spacial score (nSPS) is 12.8. The second-order valence-electron chi connectivity index (χ2n) is 2.60. The van der Waals surface area contributed by atoms with Gasteiger partial charge in [-0.2, -0.15) is 0 Å². The molecule has 1 rings (SSSR count). The highest BCUT2D eigenvalue weighted by atomic mass is 35.5. The largest absolute Gasteiger partial charge is 0.386 e. The molecule has 0 aliphatic rings. The van der Waals surface area contributed by atoms with Gasteiger partial charge in [0.1, 0.15) is 6.10 Å². The van der Waals surface area contributed by atoms with Crippen molar-refractivity contribution in [2.45, 2.75) is 6.10 Å². The van der Waals surface area contributed by atoms with Gasteiger partial charge in [-0.25, -0.2) is 0 Å². The van der Waals surface area contributed by atoms with E-state index in [9.17, 15) is 5.11 Å². The predicted molar refractivity (Wildman–Crippen MR) is 57.4 cm³/mol. The number of nitrogens with one attached hydrogen (secondary N) is 1. The number of hydrogen-bond donors (Lipinski definition) is 2. The van der Waals surface area contributed by atoms with Crippen LogP contribution < -0.4 is 5.32 Å². The summed E-state index contributed by atoms with van der Waals surface area (Å²) >= 11 is 7.14. The summed E-state index contributed by atoms with van der Waals surface area (Å²) in [6.07, 6.45) is 1.28. The monoisotopic (exact) mass is 217 g/mol. The van der Waals surface area contributed by atoms with Crippen LogP contribution in [0.15, 0.2) is 24.8 Å². The maximum atomic E-state index is 9.62. The van der Waals surface area contributed by atoms with Crippen molar-refractivity contribution in [3.05, 3.63) is 34.0 Å². The second-order valence-corrected chi connectivity index (χ2v) is 4.35. The Morgan fingerprint density at radius 2 is 2.46 bits per heavy atom. The number of aliphatic hydroxyl groups is 1. The maximum Gasteiger partial charge on any atom is 0.101 e. The molecule has 4 heteroatoms. The Bertz CT molecular complexity index is 274. The Hall–Kier alpha value is -0.350. The highest BCUT2D eigenvalue weighted by Gasteiger charge is 2.08. The van der Waals surface area contributed by atoms with Crippen molar-refractivity contribution in [2.24, 2.45) is 0 Å². The molecule has 1 unspecified atom stereocenters. The number of halogens is 1. The molecule has 0 radical (unpaired) electrons. The number of thiophene rings is 1. The molecule has 0 aliphatic carbocycles. The molecule has 0 amide bonds. The number of aliphatic hydroxyl groups excluding tert-OH is 1.